The van der Waals surface area contributed by atoms with Crippen molar-refractivity contribution >= 4 is 11.8 Å². The van der Waals surface area contributed by atoms with E-state index in [0.29, 0.717) is 0 Å². The maximum absolute atomic E-state index is 4.93. The second kappa shape index (κ2) is 5.47. The van der Waals surface area contributed by atoms with Crippen molar-refractivity contribution in [3.8, 4) is 24.7 Å². The summed E-state index contributed by atoms with van der Waals surface area (Å²) in [6, 6.07) is 0. The maximum atomic E-state index is 4.93. The van der Waals surface area contributed by atoms with Crippen LogP contribution in [-0.2, 0) is 0 Å². The van der Waals surface area contributed by atoms with Crippen molar-refractivity contribution in [3.63, 3.8) is 0 Å². The Morgan fingerprint density at radius 3 is 1.86 bits per heavy atom. The molecule has 0 saturated heterocycles. The Balaban J connectivity index is 2.77. The van der Waals surface area contributed by atoms with Crippen LogP contribution in [0.3, 0.4) is 0 Å². The van der Waals surface area contributed by atoms with Crippen molar-refractivity contribution in [2.24, 2.45) is 0 Å². The first-order valence-corrected chi connectivity index (χ1v) is 3.02. The van der Waals surface area contributed by atoms with Crippen LogP contribution in [0.4, 0.5) is 0 Å². The topological polar surface area (TPSA) is 0 Å². The summed E-state index contributed by atoms with van der Waals surface area (Å²) in [4.78, 5) is 0. The van der Waals surface area contributed by atoms with Gasteiger partial charge < -0.3 is 0 Å². The van der Waals surface area contributed by atoms with E-state index in [1.807, 2.05) is 0 Å². The fourth-order valence-corrected chi connectivity index (χ4v) is 0.507. The number of hydrogen-bond acceptors (Lipinski definition) is 1. The van der Waals surface area contributed by atoms with Crippen molar-refractivity contribution in [1.29, 1.82) is 0 Å². The second-order valence-electron chi connectivity index (χ2n) is 0.901. The van der Waals surface area contributed by atoms with Gasteiger partial charge in [0, 0.05) is 0 Å². The van der Waals surface area contributed by atoms with Gasteiger partial charge in [0.15, 0.2) is 0 Å². The molecule has 0 saturated carbocycles. The minimum Gasteiger partial charge on any atom is -0.136 e. The molecular weight excluding hydrogens is 104 g/mol. The lowest BCUT2D eigenvalue weighted by Gasteiger charge is -1.80. The van der Waals surface area contributed by atoms with Gasteiger partial charge in [0.25, 0.3) is 0 Å². The smallest absolute Gasteiger partial charge is 0.0554 e. The molecule has 0 unspecified atom stereocenters. The molecule has 1 heteroatoms. The predicted octanol–water partition coefficient (Wildman–Crippen LogP) is 0.986. The number of rotatable bonds is 2. The van der Waals surface area contributed by atoms with Crippen LogP contribution in [0.5, 0.6) is 0 Å². The van der Waals surface area contributed by atoms with Crippen LogP contribution in [0, 0.1) is 24.7 Å². The largest absolute Gasteiger partial charge is 0.136 e. The molecule has 0 heterocycles. The molecule has 0 rings (SSSR count). The summed E-state index contributed by atoms with van der Waals surface area (Å²) in [5.74, 6) is 6.39. The fourth-order valence-electron chi connectivity index (χ4n) is 0.169. The molecule has 7 heavy (non-hydrogen) atoms. The molecule has 0 aliphatic carbocycles. The summed E-state index contributed by atoms with van der Waals surface area (Å²) in [6.07, 6.45) is 9.86. The lowest BCUT2D eigenvalue weighted by molar-refractivity contribution is 1.87. The number of terminal acetylenes is 2. The van der Waals surface area contributed by atoms with Gasteiger partial charge in [-0.05, 0) is 0 Å². The summed E-state index contributed by atoms with van der Waals surface area (Å²) in [6.45, 7) is 0. The molecule has 0 aromatic carbocycles. The highest BCUT2D eigenvalue weighted by molar-refractivity contribution is 7.99. The van der Waals surface area contributed by atoms with Gasteiger partial charge in [-0.1, -0.05) is 11.8 Å². The van der Waals surface area contributed by atoms with Crippen LogP contribution in [-0.4, -0.2) is 11.5 Å². The summed E-state index contributed by atoms with van der Waals surface area (Å²) >= 11 is 1.58. The zero-order valence-electron chi connectivity index (χ0n) is 3.98. The zero-order chi connectivity index (χ0) is 5.54. The average molecular weight is 110 g/mol. The van der Waals surface area contributed by atoms with E-state index in [9.17, 15) is 0 Å². The van der Waals surface area contributed by atoms with Gasteiger partial charge in [-0.2, -0.15) is 0 Å². The van der Waals surface area contributed by atoms with Gasteiger partial charge in [-0.25, -0.2) is 0 Å². The van der Waals surface area contributed by atoms with Crippen LogP contribution < -0.4 is 0 Å². The van der Waals surface area contributed by atoms with E-state index in [2.05, 4.69) is 11.8 Å². The van der Waals surface area contributed by atoms with Gasteiger partial charge in [-0.15, -0.1) is 24.6 Å². The van der Waals surface area contributed by atoms with E-state index < -0.39 is 0 Å². The van der Waals surface area contributed by atoms with Crippen LogP contribution in [0.25, 0.3) is 0 Å². The maximum Gasteiger partial charge on any atom is 0.0554 e. The highest BCUT2D eigenvalue weighted by atomic mass is 32.2. The fraction of sp³-hybridized carbons (Fsp3) is 0.333. The lowest BCUT2D eigenvalue weighted by atomic mass is 10.8. The molecule has 0 atom stereocenters. The summed E-state index contributed by atoms with van der Waals surface area (Å²) in [5.41, 5.74) is 0. The van der Waals surface area contributed by atoms with E-state index in [1.54, 1.807) is 11.8 Å². The number of hydrogen-bond donors (Lipinski definition) is 0. The first-order chi connectivity index (χ1) is 3.41. The zero-order valence-corrected chi connectivity index (χ0v) is 4.79. The monoisotopic (exact) mass is 110 g/mol. The Bertz CT molecular complexity index is 88.3. The average Bonchev–Trinajstić information content (AvgIpc) is 1.69. The first-order valence-electron chi connectivity index (χ1n) is 1.86. The molecule has 0 aliphatic rings. The molecule has 0 nitrogen and oxygen atoms in total. The standard InChI is InChI=1S/C6H6S/c1-3-5-7-6-4-2/h1-2H,5-6H2. The predicted molar refractivity (Wildman–Crippen MR) is 35.0 cm³/mol. The molecule has 0 aliphatic heterocycles. The Kier molecular flexibility index (Phi) is 5.06. The van der Waals surface area contributed by atoms with E-state index in [-0.39, 0.29) is 0 Å². The molecule has 0 aromatic rings. The SMILES string of the molecule is C#CCSCC#C. The van der Waals surface area contributed by atoms with Crippen molar-refractivity contribution in [2.75, 3.05) is 11.5 Å². The van der Waals surface area contributed by atoms with Gasteiger partial charge in [0.05, 0.1) is 11.5 Å². The van der Waals surface area contributed by atoms with Gasteiger partial charge in [-0.3, -0.25) is 0 Å². The molecule has 0 radical (unpaired) electrons. The normalized spacial score (nSPS) is 6.57. The Hall–Kier alpha value is -0.530. The van der Waals surface area contributed by atoms with Crippen molar-refractivity contribution < 1.29 is 0 Å². The summed E-state index contributed by atoms with van der Waals surface area (Å²) in [5, 5.41) is 0. The Morgan fingerprint density at radius 1 is 1.14 bits per heavy atom. The third kappa shape index (κ3) is 5.47. The Morgan fingerprint density at radius 2 is 1.57 bits per heavy atom. The number of thioether (sulfide) groups is 1. The highest BCUT2D eigenvalue weighted by Gasteiger charge is 1.74. The van der Waals surface area contributed by atoms with Crippen molar-refractivity contribution in [3.05, 3.63) is 0 Å². The van der Waals surface area contributed by atoms with Crippen molar-refractivity contribution in [1.82, 2.24) is 0 Å². The highest BCUT2D eigenvalue weighted by Crippen LogP contribution is 1.93. The minimum atomic E-state index is 0.726. The molecule has 36 valence electrons. The third-order valence-electron chi connectivity index (χ3n) is 0.371. The lowest BCUT2D eigenvalue weighted by Crippen LogP contribution is -1.71. The molecule has 0 amide bonds. The molecule has 0 fully saturated rings. The van der Waals surface area contributed by atoms with Crippen molar-refractivity contribution in [2.45, 2.75) is 0 Å². The quantitative estimate of drug-likeness (QED) is 0.377. The third-order valence-corrected chi connectivity index (χ3v) is 1.11. The second-order valence-corrected chi connectivity index (χ2v) is 1.89. The van der Waals surface area contributed by atoms with Crippen LogP contribution >= 0.6 is 11.8 Å². The van der Waals surface area contributed by atoms with E-state index in [1.165, 1.54) is 0 Å². The van der Waals surface area contributed by atoms with Crippen LogP contribution in [0.2, 0.25) is 0 Å². The van der Waals surface area contributed by atoms with Gasteiger partial charge >= 0.3 is 0 Å². The van der Waals surface area contributed by atoms with Gasteiger partial charge in [0.1, 0.15) is 0 Å². The molecule has 0 bridgehead atoms. The Labute approximate surface area is 48.7 Å². The first kappa shape index (κ1) is 6.47. The molecular formula is C6H6S. The van der Waals surface area contributed by atoms with Crippen LogP contribution in [0.15, 0.2) is 0 Å². The summed E-state index contributed by atoms with van der Waals surface area (Å²) in [7, 11) is 0. The van der Waals surface area contributed by atoms with Gasteiger partial charge in [0.2, 0.25) is 0 Å². The molecule has 0 spiro atoms. The molecule has 0 N–H and O–H groups in total. The van der Waals surface area contributed by atoms with E-state index in [0.717, 1.165) is 11.5 Å². The van der Waals surface area contributed by atoms with E-state index in [4.69, 9.17) is 12.8 Å². The molecule has 0 aromatic heterocycles. The minimum absolute atomic E-state index is 0.726. The van der Waals surface area contributed by atoms with Crippen LogP contribution in [0.1, 0.15) is 0 Å². The summed E-state index contributed by atoms with van der Waals surface area (Å²) < 4.78 is 0. The van der Waals surface area contributed by atoms with E-state index >= 15 is 0 Å².